The number of nitrogens with one attached hydrogen (secondary N) is 1. The molecular formula is C19H17BrCl2N6O4. The zero-order valence-electron chi connectivity index (χ0n) is 16.7. The van der Waals surface area contributed by atoms with E-state index in [1.54, 1.807) is 31.2 Å². The first kappa shape index (κ1) is 25.1. The third-order valence-corrected chi connectivity index (χ3v) is 4.90. The predicted octanol–water partition coefficient (Wildman–Crippen LogP) is 3.71. The first-order valence-corrected chi connectivity index (χ1v) is 10.2. The van der Waals surface area contributed by atoms with Crippen molar-refractivity contribution in [2.75, 3.05) is 12.4 Å². The number of aromatic nitrogens is 3. The van der Waals surface area contributed by atoms with Gasteiger partial charge >= 0.3 is 6.09 Å². The van der Waals surface area contributed by atoms with Crippen LogP contribution >= 0.6 is 39.1 Å². The molecule has 0 aliphatic carbocycles. The summed E-state index contributed by atoms with van der Waals surface area (Å²) >= 11 is 15.5. The summed E-state index contributed by atoms with van der Waals surface area (Å²) in [6, 6.07) is 8.02. The fourth-order valence-corrected chi connectivity index (χ4v) is 3.30. The number of hydrogen-bond donors (Lipinski definition) is 3. The topological polar surface area (TPSA) is 155 Å². The molecule has 3 rings (SSSR count). The van der Waals surface area contributed by atoms with Gasteiger partial charge < -0.3 is 21.5 Å². The fraction of sp³-hybridized carbons (Fsp3) is 0.105. The number of rotatable bonds is 4. The number of amides is 3. The SMILES string of the molecule is COC(N)=O.Cc1ccc(Cl)c(C(N)=O)c1NC(=O)c1cc(Br)nn1-c1ncccc1Cl. The third kappa shape index (κ3) is 5.96. The van der Waals surface area contributed by atoms with Crippen molar-refractivity contribution < 1.29 is 19.1 Å². The number of hydrogen-bond acceptors (Lipinski definition) is 6. The quantitative estimate of drug-likeness (QED) is 0.455. The number of methoxy groups -OCH3 is 1. The van der Waals surface area contributed by atoms with E-state index in [0.717, 1.165) is 0 Å². The smallest absolute Gasteiger partial charge is 0.404 e. The molecule has 0 spiro atoms. The van der Waals surface area contributed by atoms with Gasteiger partial charge in [0.25, 0.3) is 11.8 Å². The van der Waals surface area contributed by atoms with Crippen LogP contribution in [0.15, 0.2) is 41.1 Å². The maximum atomic E-state index is 12.9. The molecule has 0 aliphatic rings. The van der Waals surface area contributed by atoms with Gasteiger partial charge in [0.2, 0.25) is 0 Å². The van der Waals surface area contributed by atoms with Crippen LogP contribution in [0.25, 0.3) is 5.82 Å². The highest BCUT2D eigenvalue weighted by atomic mass is 79.9. The van der Waals surface area contributed by atoms with Crippen molar-refractivity contribution in [2.45, 2.75) is 6.92 Å². The number of pyridine rings is 1. The Bertz CT molecular complexity index is 1180. The second-order valence-corrected chi connectivity index (χ2v) is 7.66. The number of ether oxygens (including phenoxy) is 1. The summed E-state index contributed by atoms with van der Waals surface area (Å²) in [6.45, 7) is 1.72. The molecule has 2 heterocycles. The fourth-order valence-electron chi connectivity index (χ4n) is 2.47. The van der Waals surface area contributed by atoms with Gasteiger partial charge in [0.05, 0.1) is 28.4 Å². The van der Waals surface area contributed by atoms with Crippen molar-refractivity contribution >= 4 is 62.7 Å². The minimum Gasteiger partial charge on any atom is -0.453 e. The maximum Gasteiger partial charge on any atom is 0.404 e. The highest BCUT2D eigenvalue weighted by Gasteiger charge is 2.22. The Kier molecular flexibility index (Phi) is 8.58. The van der Waals surface area contributed by atoms with Crippen LogP contribution in [-0.4, -0.2) is 39.8 Å². The average Bonchev–Trinajstić information content (AvgIpc) is 3.12. The monoisotopic (exact) mass is 542 g/mol. The Morgan fingerprint density at radius 2 is 1.81 bits per heavy atom. The van der Waals surface area contributed by atoms with Crippen LogP contribution in [0.1, 0.15) is 26.4 Å². The van der Waals surface area contributed by atoms with E-state index < -0.39 is 17.9 Å². The molecule has 5 N–H and O–H groups in total. The first-order chi connectivity index (χ1) is 15.1. The molecule has 2 aromatic heterocycles. The van der Waals surface area contributed by atoms with Crippen LogP contribution in [0.2, 0.25) is 10.0 Å². The zero-order valence-corrected chi connectivity index (χ0v) is 19.8. The number of primary amides is 2. The van der Waals surface area contributed by atoms with Gasteiger partial charge in [-0.15, -0.1) is 0 Å². The molecule has 0 saturated heterocycles. The molecule has 3 aromatic rings. The number of nitrogens with zero attached hydrogens (tertiary/aromatic N) is 3. The van der Waals surface area contributed by atoms with E-state index in [1.165, 1.54) is 24.1 Å². The number of aryl methyl sites for hydroxylation is 1. The van der Waals surface area contributed by atoms with Crippen molar-refractivity contribution in [2.24, 2.45) is 11.5 Å². The predicted molar refractivity (Wildman–Crippen MR) is 123 cm³/mol. The summed E-state index contributed by atoms with van der Waals surface area (Å²) in [6.07, 6.45) is 0.787. The molecular weight excluding hydrogens is 527 g/mol. The first-order valence-electron chi connectivity index (χ1n) is 8.67. The summed E-state index contributed by atoms with van der Waals surface area (Å²) in [5.74, 6) is -1.00. The standard InChI is InChI=1S/C17H12BrCl2N5O2.C2H5NO2/c1-8-4-5-9(19)13(15(21)26)14(8)23-17(27)11-7-12(18)24-25(11)16-10(20)3-2-6-22-16;1-5-2(3)4/h2-7H,1H3,(H2,21,26)(H,23,27);1H3,(H2,3,4). The normalized spacial score (nSPS) is 10.0. The lowest BCUT2D eigenvalue weighted by Crippen LogP contribution is -2.22. The molecule has 168 valence electrons. The Hall–Kier alpha value is -3.15. The number of carbonyl (C=O) groups is 3. The molecule has 10 nitrogen and oxygen atoms in total. The lowest BCUT2D eigenvalue weighted by atomic mass is 10.1. The van der Waals surface area contributed by atoms with Gasteiger partial charge in [0.15, 0.2) is 5.82 Å². The van der Waals surface area contributed by atoms with Crippen molar-refractivity contribution in [3.8, 4) is 5.82 Å². The van der Waals surface area contributed by atoms with Crippen molar-refractivity contribution in [1.29, 1.82) is 0 Å². The van der Waals surface area contributed by atoms with Crippen LogP contribution in [0.3, 0.4) is 0 Å². The number of halogens is 3. The van der Waals surface area contributed by atoms with E-state index in [9.17, 15) is 14.4 Å². The largest absolute Gasteiger partial charge is 0.453 e. The lowest BCUT2D eigenvalue weighted by Gasteiger charge is -2.14. The minimum absolute atomic E-state index is 0.0333. The van der Waals surface area contributed by atoms with Crippen LogP contribution in [0.4, 0.5) is 10.5 Å². The Morgan fingerprint density at radius 1 is 1.16 bits per heavy atom. The molecule has 3 amide bonds. The summed E-state index contributed by atoms with van der Waals surface area (Å²) in [5, 5.41) is 7.36. The van der Waals surface area contributed by atoms with Gasteiger partial charge in [-0.05, 0) is 46.6 Å². The minimum atomic E-state index is -0.749. The molecule has 0 bridgehead atoms. The zero-order chi connectivity index (χ0) is 24.0. The van der Waals surface area contributed by atoms with Crippen LogP contribution in [0, 0.1) is 6.92 Å². The van der Waals surface area contributed by atoms with E-state index >= 15 is 0 Å². The Balaban J connectivity index is 0.000000654. The summed E-state index contributed by atoms with van der Waals surface area (Å²) in [5.41, 5.74) is 10.9. The van der Waals surface area contributed by atoms with Gasteiger partial charge in [0.1, 0.15) is 10.3 Å². The van der Waals surface area contributed by atoms with Crippen LogP contribution < -0.4 is 16.8 Å². The van der Waals surface area contributed by atoms with Crippen LogP contribution in [-0.2, 0) is 4.74 Å². The van der Waals surface area contributed by atoms with Gasteiger partial charge in [-0.25, -0.2) is 14.5 Å². The van der Waals surface area contributed by atoms with E-state index in [0.29, 0.717) is 15.2 Å². The lowest BCUT2D eigenvalue weighted by molar-refractivity contribution is 0.100. The molecule has 32 heavy (non-hydrogen) atoms. The molecule has 0 atom stereocenters. The van der Waals surface area contributed by atoms with Gasteiger partial charge in [-0.2, -0.15) is 5.10 Å². The summed E-state index contributed by atoms with van der Waals surface area (Å²) in [7, 11) is 1.22. The number of benzene rings is 1. The molecule has 0 radical (unpaired) electrons. The van der Waals surface area contributed by atoms with Crippen molar-refractivity contribution in [3.05, 3.63) is 68.0 Å². The van der Waals surface area contributed by atoms with Crippen LogP contribution in [0.5, 0.6) is 0 Å². The molecule has 1 aromatic carbocycles. The maximum absolute atomic E-state index is 12.9. The number of carbonyl (C=O) groups excluding carboxylic acids is 3. The second-order valence-electron chi connectivity index (χ2n) is 6.03. The highest BCUT2D eigenvalue weighted by molar-refractivity contribution is 9.10. The molecule has 0 aliphatic heterocycles. The van der Waals surface area contributed by atoms with E-state index in [1.807, 2.05) is 0 Å². The van der Waals surface area contributed by atoms with E-state index in [4.69, 9.17) is 28.9 Å². The van der Waals surface area contributed by atoms with Gasteiger partial charge in [-0.1, -0.05) is 29.3 Å². The number of nitrogens with two attached hydrogens (primary N) is 2. The third-order valence-electron chi connectivity index (χ3n) is 3.90. The van der Waals surface area contributed by atoms with Crippen molar-refractivity contribution in [3.63, 3.8) is 0 Å². The number of anilines is 1. The Labute approximate surface area is 201 Å². The van der Waals surface area contributed by atoms with Crippen molar-refractivity contribution in [1.82, 2.24) is 14.8 Å². The molecule has 0 fully saturated rings. The average molecular weight is 544 g/mol. The van der Waals surface area contributed by atoms with Gasteiger partial charge in [-0.3, -0.25) is 9.59 Å². The summed E-state index contributed by atoms with van der Waals surface area (Å²) < 4.78 is 5.60. The summed E-state index contributed by atoms with van der Waals surface area (Å²) in [4.78, 5) is 38.2. The van der Waals surface area contributed by atoms with Gasteiger partial charge in [0, 0.05) is 12.3 Å². The highest BCUT2D eigenvalue weighted by Crippen LogP contribution is 2.29. The second kappa shape index (κ2) is 10.9. The van der Waals surface area contributed by atoms with E-state index in [-0.39, 0.29) is 27.8 Å². The van der Waals surface area contributed by atoms with E-state index in [2.05, 4.69) is 41.8 Å². The molecule has 0 saturated carbocycles. The molecule has 13 heteroatoms. The Morgan fingerprint density at radius 3 is 2.38 bits per heavy atom. The molecule has 0 unspecified atom stereocenters.